The second-order valence-electron chi connectivity index (χ2n) is 6.18. The van der Waals surface area contributed by atoms with Crippen LogP contribution < -0.4 is 5.43 Å². The summed E-state index contributed by atoms with van der Waals surface area (Å²) in [6.07, 6.45) is 0. The first-order valence-electron chi connectivity index (χ1n) is 8.25. The molecule has 0 aliphatic carbocycles. The maximum atomic E-state index is 10.4. The summed E-state index contributed by atoms with van der Waals surface area (Å²) in [7, 11) is 0. The van der Waals surface area contributed by atoms with Crippen molar-refractivity contribution in [2.24, 2.45) is 5.10 Å². The minimum atomic E-state index is 0.0917. The van der Waals surface area contributed by atoms with Crippen LogP contribution >= 0.6 is 31.9 Å². The van der Waals surface area contributed by atoms with Gasteiger partial charge in [-0.25, -0.2) is 9.97 Å². The molecule has 0 spiro atoms. The third-order valence-corrected chi connectivity index (χ3v) is 4.99. The molecule has 0 aliphatic rings. The zero-order chi connectivity index (χ0) is 19.6. The Labute approximate surface area is 174 Å². The first-order chi connectivity index (χ1) is 12.8. The molecule has 0 saturated carbocycles. The molecule has 0 fully saturated rings. The number of nitrogens with zero attached hydrogens (tertiary/aromatic N) is 3. The van der Waals surface area contributed by atoms with Crippen molar-refractivity contribution < 1.29 is 5.11 Å². The van der Waals surface area contributed by atoms with E-state index in [1.807, 2.05) is 26.0 Å². The van der Waals surface area contributed by atoms with Gasteiger partial charge in [-0.3, -0.25) is 5.43 Å². The predicted molar refractivity (Wildman–Crippen MR) is 116 cm³/mol. The molecule has 0 saturated heterocycles. The van der Waals surface area contributed by atoms with Crippen molar-refractivity contribution >= 4 is 43.4 Å². The minimum Gasteiger partial charge on any atom is -0.506 e. The van der Waals surface area contributed by atoms with E-state index in [0.29, 0.717) is 21.7 Å². The van der Waals surface area contributed by atoms with E-state index in [-0.39, 0.29) is 5.75 Å². The van der Waals surface area contributed by atoms with Crippen LogP contribution in [0.15, 0.2) is 56.5 Å². The number of aromatic hydroxyl groups is 1. The molecule has 5 nitrogen and oxygen atoms in total. The van der Waals surface area contributed by atoms with Crippen LogP contribution in [0.3, 0.4) is 0 Å². The average molecular weight is 490 g/mol. The Morgan fingerprint density at radius 3 is 2.44 bits per heavy atom. The highest BCUT2D eigenvalue weighted by Gasteiger charge is 2.13. The number of hydrogen-bond acceptors (Lipinski definition) is 5. The number of hydrazone groups is 1. The van der Waals surface area contributed by atoms with E-state index in [4.69, 9.17) is 0 Å². The molecule has 1 heterocycles. The van der Waals surface area contributed by atoms with Gasteiger partial charge >= 0.3 is 0 Å². The highest BCUT2D eigenvalue weighted by atomic mass is 79.9. The molecule has 0 atom stereocenters. The lowest BCUT2D eigenvalue weighted by Gasteiger charge is -2.09. The second kappa shape index (κ2) is 8.19. The smallest absolute Gasteiger partial charge is 0.165 e. The summed E-state index contributed by atoms with van der Waals surface area (Å²) in [6.45, 7) is 5.86. The fourth-order valence-corrected chi connectivity index (χ4v) is 3.71. The second-order valence-corrected chi connectivity index (χ2v) is 7.95. The van der Waals surface area contributed by atoms with Crippen LogP contribution in [-0.4, -0.2) is 20.8 Å². The summed E-state index contributed by atoms with van der Waals surface area (Å²) in [5.74, 6) is 1.06. The van der Waals surface area contributed by atoms with Gasteiger partial charge in [0.2, 0.25) is 0 Å². The van der Waals surface area contributed by atoms with Crippen LogP contribution in [0.2, 0.25) is 0 Å². The van der Waals surface area contributed by atoms with E-state index < -0.39 is 0 Å². The van der Waals surface area contributed by atoms with Crippen LogP contribution in [0.25, 0.3) is 11.4 Å². The standard InChI is InChI=1S/C20H18Br2N4O/c1-11-4-6-14(7-5-11)13(3)25-26-18-8-12(2)23-20(24-18)16-9-15(21)10-17(22)19(16)27/h4-10,27H,1-3H3,(H,23,24,26)/b25-13+. The zero-order valence-electron chi connectivity index (χ0n) is 15.1. The maximum absolute atomic E-state index is 10.4. The maximum Gasteiger partial charge on any atom is 0.165 e. The molecule has 0 aliphatic heterocycles. The van der Waals surface area contributed by atoms with Gasteiger partial charge in [-0.2, -0.15) is 5.10 Å². The van der Waals surface area contributed by atoms with Crippen molar-refractivity contribution in [2.75, 3.05) is 5.43 Å². The molecule has 0 amide bonds. The van der Waals surface area contributed by atoms with E-state index >= 15 is 0 Å². The van der Waals surface area contributed by atoms with Crippen LogP contribution in [0, 0.1) is 13.8 Å². The Kier molecular flexibility index (Phi) is 5.92. The Morgan fingerprint density at radius 1 is 1.04 bits per heavy atom. The SMILES string of the molecule is C/C(=N\Nc1cc(C)nc(-c2cc(Br)cc(Br)c2O)n1)c1ccc(C)cc1. The van der Waals surface area contributed by atoms with Gasteiger partial charge in [-0.15, -0.1) is 0 Å². The third kappa shape index (κ3) is 4.73. The predicted octanol–water partition coefficient (Wildman–Crippen LogP) is 5.83. The molecule has 2 N–H and O–H groups in total. The fourth-order valence-electron chi connectivity index (χ4n) is 2.48. The quantitative estimate of drug-likeness (QED) is 0.357. The van der Waals surface area contributed by atoms with Gasteiger partial charge in [0, 0.05) is 16.2 Å². The molecule has 2 aromatic carbocycles. The summed E-state index contributed by atoms with van der Waals surface area (Å²) in [5, 5.41) is 14.8. The summed E-state index contributed by atoms with van der Waals surface area (Å²) in [6, 6.07) is 13.5. The molecule has 138 valence electrons. The molecule has 7 heteroatoms. The van der Waals surface area contributed by atoms with Crippen molar-refractivity contribution in [1.82, 2.24) is 9.97 Å². The number of aryl methyl sites for hydroxylation is 2. The lowest BCUT2D eigenvalue weighted by atomic mass is 10.1. The van der Waals surface area contributed by atoms with Crippen LogP contribution in [0.5, 0.6) is 5.75 Å². The van der Waals surface area contributed by atoms with Crippen molar-refractivity contribution in [2.45, 2.75) is 20.8 Å². The average Bonchev–Trinajstić information content (AvgIpc) is 2.63. The number of halogens is 2. The van der Waals surface area contributed by atoms with Gasteiger partial charge in [-0.05, 0) is 54.4 Å². The topological polar surface area (TPSA) is 70.4 Å². The van der Waals surface area contributed by atoms with Crippen molar-refractivity contribution in [1.29, 1.82) is 0 Å². The van der Waals surface area contributed by atoms with E-state index in [2.05, 4.69) is 71.4 Å². The van der Waals surface area contributed by atoms with Gasteiger partial charge in [0.05, 0.1) is 15.7 Å². The van der Waals surface area contributed by atoms with Crippen molar-refractivity contribution in [3.63, 3.8) is 0 Å². The lowest BCUT2D eigenvalue weighted by Crippen LogP contribution is -2.03. The molecule has 27 heavy (non-hydrogen) atoms. The van der Waals surface area contributed by atoms with Crippen LogP contribution in [-0.2, 0) is 0 Å². The summed E-state index contributed by atoms with van der Waals surface area (Å²) < 4.78 is 1.38. The Bertz CT molecular complexity index is 1020. The number of phenolic OH excluding ortho intramolecular Hbond substituents is 1. The van der Waals surface area contributed by atoms with Gasteiger partial charge < -0.3 is 5.11 Å². The zero-order valence-corrected chi connectivity index (χ0v) is 18.3. The highest BCUT2D eigenvalue weighted by Crippen LogP contribution is 2.37. The van der Waals surface area contributed by atoms with Gasteiger partial charge in [0.15, 0.2) is 11.6 Å². The number of hydrogen-bond donors (Lipinski definition) is 2. The van der Waals surface area contributed by atoms with E-state index in [0.717, 1.165) is 21.4 Å². The first kappa shape index (κ1) is 19.5. The summed E-state index contributed by atoms with van der Waals surface area (Å²) in [5.41, 5.74) is 7.37. The van der Waals surface area contributed by atoms with E-state index in [1.165, 1.54) is 5.56 Å². The first-order valence-corrected chi connectivity index (χ1v) is 9.83. The van der Waals surface area contributed by atoms with Crippen molar-refractivity contribution in [3.8, 4) is 17.1 Å². The van der Waals surface area contributed by atoms with Gasteiger partial charge in [-0.1, -0.05) is 45.8 Å². The normalized spacial score (nSPS) is 11.5. The van der Waals surface area contributed by atoms with Gasteiger partial charge in [0.1, 0.15) is 5.75 Å². The molecule has 0 radical (unpaired) electrons. The van der Waals surface area contributed by atoms with Crippen molar-refractivity contribution in [3.05, 3.63) is 68.2 Å². The third-order valence-electron chi connectivity index (χ3n) is 3.93. The number of nitrogens with one attached hydrogen (secondary N) is 1. The van der Waals surface area contributed by atoms with Gasteiger partial charge in [0.25, 0.3) is 0 Å². The van der Waals surface area contributed by atoms with Crippen LogP contribution in [0.1, 0.15) is 23.7 Å². The number of rotatable bonds is 4. The Hall–Kier alpha value is -2.25. The van der Waals surface area contributed by atoms with Crippen LogP contribution in [0.4, 0.5) is 5.82 Å². The molecule has 0 bridgehead atoms. The molecule has 0 unspecified atom stereocenters. The minimum absolute atomic E-state index is 0.0917. The highest BCUT2D eigenvalue weighted by molar-refractivity contribution is 9.11. The Balaban J connectivity index is 1.92. The fraction of sp³-hybridized carbons (Fsp3) is 0.150. The number of aromatic nitrogens is 2. The lowest BCUT2D eigenvalue weighted by molar-refractivity contribution is 0.473. The molecular formula is C20H18Br2N4O. The Morgan fingerprint density at radius 2 is 1.74 bits per heavy atom. The summed E-state index contributed by atoms with van der Waals surface area (Å²) >= 11 is 6.77. The monoisotopic (exact) mass is 488 g/mol. The molecule has 3 rings (SSSR count). The molecule has 1 aromatic heterocycles. The summed E-state index contributed by atoms with van der Waals surface area (Å²) in [4.78, 5) is 8.94. The van der Waals surface area contributed by atoms with E-state index in [9.17, 15) is 5.11 Å². The molecular weight excluding hydrogens is 472 g/mol. The number of phenols is 1. The van der Waals surface area contributed by atoms with E-state index in [1.54, 1.807) is 18.2 Å². The number of benzene rings is 2. The number of anilines is 1. The largest absolute Gasteiger partial charge is 0.506 e. The molecule has 3 aromatic rings.